The van der Waals surface area contributed by atoms with Gasteiger partial charge in [-0.05, 0) is 48.5 Å². The molecule has 0 unspecified atom stereocenters. The van der Waals surface area contributed by atoms with Gasteiger partial charge in [-0.3, -0.25) is 9.97 Å². The highest BCUT2D eigenvalue weighted by Gasteiger charge is 2.15. The van der Waals surface area contributed by atoms with Gasteiger partial charge in [0.2, 0.25) is 11.5 Å². The molecule has 0 aliphatic heterocycles. The molecule has 0 aliphatic rings. The Morgan fingerprint density at radius 1 is 0.575 bits per heavy atom. The van der Waals surface area contributed by atoms with Gasteiger partial charge in [0, 0.05) is 38.3 Å². The van der Waals surface area contributed by atoms with Crippen LogP contribution in [-0.4, -0.2) is 75.8 Å². The number of anilines is 2. The van der Waals surface area contributed by atoms with Gasteiger partial charge in [-0.15, -0.1) is 0 Å². The molecule has 0 spiro atoms. The summed E-state index contributed by atoms with van der Waals surface area (Å²) in [4.78, 5) is 13.5. The number of aromatic nitrogens is 2. The van der Waals surface area contributed by atoms with Crippen LogP contribution in [0.4, 0.5) is 11.4 Å². The van der Waals surface area contributed by atoms with Crippen LogP contribution in [0.3, 0.4) is 0 Å². The first-order valence-electron chi connectivity index (χ1n) is 12.5. The van der Waals surface area contributed by atoms with Gasteiger partial charge in [-0.1, -0.05) is 0 Å². The van der Waals surface area contributed by atoms with Crippen LogP contribution in [-0.2, 0) is 0 Å². The van der Waals surface area contributed by atoms with Crippen LogP contribution < -0.4 is 28.7 Å². The molecule has 0 saturated heterocycles. The lowest BCUT2D eigenvalue weighted by Crippen LogP contribution is -2.30. The van der Waals surface area contributed by atoms with Crippen molar-refractivity contribution < 1.29 is 29.2 Å². The second-order valence-electron chi connectivity index (χ2n) is 9.11. The van der Waals surface area contributed by atoms with E-state index in [1.54, 1.807) is 24.3 Å². The number of phenols is 2. The Balaban J connectivity index is 1.40. The van der Waals surface area contributed by atoms with E-state index in [4.69, 9.17) is 18.9 Å². The molecule has 2 aromatic heterocycles. The first-order valence-corrected chi connectivity index (χ1v) is 12.5. The Bertz CT molecular complexity index is 1280. The second kappa shape index (κ2) is 12.3. The van der Waals surface area contributed by atoms with Crippen LogP contribution >= 0.6 is 0 Å². The average molecular weight is 547 g/mol. The molecule has 10 heteroatoms. The van der Waals surface area contributed by atoms with Gasteiger partial charge >= 0.3 is 0 Å². The molecule has 2 heterocycles. The fourth-order valence-electron chi connectivity index (χ4n) is 4.21. The van der Waals surface area contributed by atoms with E-state index in [9.17, 15) is 10.2 Å². The fraction of sp³-hybridized carbons (Fsp3) is 0.267. The molecule has 0 bridgehead atoms. The highest BCUT2D eigenvalue weighted by atomic mass is 16.5. The highest BCUT2D eigenvalue weighted by molar-refractivity contribution is 5.70. The van der Waals surface area contributed by atoms with Crippen LogP contribution in [0.5, 0.6) is 34.5 Å². The zero-order valence-electron chi connectivity index (χ0n) is 23.5. The first-order chi connectivity index (χ1) is 19.3. The number of ether oxygens (including phenoxy) is 4. The molecule has 2 N–H and O–H groups in total. The summed E-state index contributed by atoms with van der Waals surface area (Å²) in [6.07, 6.45) is 3.63. The maximum absolute atomic E-state index is 10.2. The molecule has 4 rings (SSSR count). The summed E-state index contributed by atoms with van der Waals surface area (Å²) < 4.78 is 21.0. The number of rotatable bonds is 11. The number of nitrogens with zero attached hydrogens (tertiary/aromatic N) is 4. The van der Waals surface area contributed by atoms with E-state index in [1.807, 2.05) is 50.8 Å². The predicted octanol–water partition coefficient (Wildman–Crippen LogP) is 4.83. The minimum Gasteiger partial charge on any atom is -0.502 e. The van der Waals surface area contributed by atoms with Crippen LogP contribution in [0.2, 0.25) is 0 Å². The van der Waals surface area contributed by atoms with Gasteiger partial charge in [0.15, 0.2) is 23.0 Å². The largest absolute Gasteiger partial charge is 0.502 e. The van der Waals surface area contributed by atoms with Crippen molar-refractivity contribution in [2.75, 3.05) is 65.4 Å². The maximum atomic E-state index is 10.2. The zero-order valence-corrected chi connectivity index (χ0v) is 23.5. The standard InChI is InChI=1S/C30H34N4O6/c1-33(21-7-9-23(31-17-21)19-13-25(37-3)29(35)26(14-19)38-4)11-12-34(2)22-8-10-24(32-18-22)20-15-27(39-5)30(36)28(16-20)40-6/h7-10,13-18,35-36H,11-12H2,1-6H3. The Kier molecular flexibility index (Phi) is 8.68. The molecule has 0 fully saturated rings. The Morgan fingerprint density at radius 3 is 1.15 bits per heavy atom. The Hall–Kier alpha value is -4.86. The molecule has 4 aromatic rings. The second-order valence-corrected chi connectivity index (χ2v) is 9.11. The average Bonchev–Trinajstić information content (AvgIpc) is 3.00. The first kappa shape index (κ1) is 28.2. The topological polar surface area (TPSA) is 110 Å². The van der Waals surface area contributed by atoms with Crippen molar-refractivity contribution in [3.8, 4) is 57.0 Å². The fourth-order valence-corrected chi connectivity index (χ4v) is 4.21. The third kappa shape index (κ3) is 5.90. The quantitative estimate of drug-likeness (QED) is 0.271. The molecule has 0 saturated carbocycles. The molecular formula is C30H34N4O6. The molecule has 10 nitrogen and oxygen atoms in total. The molecule has 40 heavy (non-hydrogen) atoms. The van der Waals surface area contributed by atoms with E-state index in [1.165, 1.54) is 28.4 Å². The predicted molar refractivity (Wildman–Crippen MR) is 155 cm³/mol. The lowest BCUT2D eigenvalue weighted by atomic mass is 10.1. The van der Waals surface area contributed by atoms with Gasteiger partial charge in [0.05, 0.1) is 63.6 Å². The van der Waals surface area contributed by atoms with E-state index >= 15 is 0 Å². The monoisotopic (exact) mass is 546 g/mol. The normalized spacial score (nSPS) is 10.7. The molecule has 210 valence electrons. The molecule has 0 aliphatic carbocycles. The van der Waals surface area contributed by atoms with Gasteiger partial charge < -0.3 is 39.0 Å². The maximum Gasteiger partial charge on any atom is 0.200 e. The number of hydrogen-bond acceptors (Lipinski definition) is 10. The number of aromatic hydroxyl groups is 2. The van der Waals surface area contributed by atoms with E-state index < -0.39 is 0 Å². The number of phenolic OH excluding ortho intramolecular Hbond substituents is 2. The van der Waals surface area contributed by atoms with Crippen LogP contribution in [0.25, 0.3) is 22.5 Å². The molecule has 2 aromatic carbocycles. The summed E-state index contributed by atoms with van der Waals surface area (Å²) in [7, 11) is 10.0. The van der Waals surface area contributed by atoms with Crippen LogP contribution in [0.15, 0.2) is 60.9 Å². The minimum absolute atomic E-state index is 0.0418. The SMILES string of the molecule is COc1cc(-c2ccc(N(C)CCN(C)c3ccc(-c4cc(OC)c(O)c(OC)c4)nc3)cn2)cc(OC)c1O. The summed E-state index contributed by atoms with van der Waals surface area (Å²) >= 11 is 0. The van der Waals surface area contributed by atoms with Crippen molar-refractivity contribution in [3.63, 3.8) is 0 Å². The number of hydrogen-bond donors (Lipinski definition) is 2. The number of likely N-dealkylation sites (N-methyl/N-ethyl adjacent to an activating group) is 2. The van der Waals surface area contributed by atoms with Gasteiger partial charge in [0.25, 0.3) is 0 Å². The van der Waals surface area contributed by atoms with E-state index in [2.05, 4.69) is 19.8 Å². The molecule has 0 radical (unpaired) electrons. The van der Waals surface area contributed by atoms with Gasteiger partial charge in [0.1, 0.15) is 0 Å². The summed E-state index contributed by atoms with van der Waals surface area (Å²) in [5.41, 5.74) is 4.97. The Morgan fingerprint density at radius 2 is 0.900 bits per heavy atom. The van der Waals surface area contributed by atoms with Gasteiger partial charge in [-0.25, -0.2) is 0 Å². The molecule has 0 atom stereocenters. The van der Waals surface area contributed by atoms with Crippen molar-refractivity contribution >= 4 is 11.4 Å². The smallest absolute Gasteiger partial charge is 0.200 e. The number of methoxy groups -OCH3 is 4. The summed E-state index contributed by atoms with van der Waals surface area (Å²) in [5.74, 6) is 1.21. The highest BCUT2D eigenvalue weighted by Crippen LogP contribution is 2.41. The molecule has 0 amide bonds. The third-order valence-electron chi connectivity index (χ3n) is 6.70. The Labute approximate surface area is 234 Å². The van der Waals surface area contributed by atoms with Crippen LogP contribution in [0.1, 0.15) is 0 Å². The molecular weight excluding hydrogens is 512 g/mol. The van der Waals surface area contributed by atoms with Gasteiger partial charge in [-0.2, -0.15) is 0 Å². The minimum atomic E-state index is -0.0418. The van der Waals surface area contributed by atoms with E-state index in [-0.39, 0.29) is 11.5 Å². The number of pyridine rings is 2. The van der Waals surface area contributed by atoms with E-state index in [0.29, 0.717) is 23.0 Å². The number of benzene rings is 2. The lowest BCUT2D eigenvalue weighted by molar-refractivity contribution is 0.340. The summed E-state index contributed by atoms with van der Waals surface area (Å²) in [6, 6.07) is 14.8. The van der Waals surface area contributed by atoms with Crippen molar-refractivity contribution in [2.45, 2.75) is 0 Å². The summed E-state index contributed by atoms with van der Waals surface area (Å²) in [5, 5.41) is 20.3. The summed E-state index contributed by atoms with van der Waals surface area (Å²) in [6.45, 7) is 1.51. The lowest BCUT2D eigenvalue weighted by Gasteiger charge is -2.25. The van der Waals surface area contributed by atoms with Crippen molar-refractivity contribution in [1.82, 2.24) is 9.97 Å². The zero-order chi connectivity index (χ0) is 28.8. The van der Waals surface area contributed by atoms with Crippen molar-refractivity contribution in [2.24, 2.45) is 0 Å². The van der Waals surface area contributed by atoms with E-state index in [0.717, 1.165) is 47.0 Å². The third-order valence-corrected chi connectivity index (χ3v) is 6.70. The van der Waals surface area contributed by atoms with Crippen LogP contribution in [0, 0.1) is 0 Å². The van der Waals surface area contributed by atoms with Crippen molar-refractivity contribution in [1.29, 1.82) is 0 Å². The van der Waals surface area contributed by atoms with Crippen molar-refractivity contribution in [3.05, 3.63) is 60.9 Å².